The van der Waals surface area contributed by atoms with Gasteiger partial charge in [0.05, 0.1) is 17.5 Å². The lowest BCUT2D eigenvalue weighted by Crippen LogP contribution is -2.32. The maximum Gasteiger partial charge on any atom is 0.248 e. The number of imide groups is 1. The number of benzene rings is 1. The predicted octanol–water partition coefficient (Wildman–Crippen LogP) is 0.295. The van der Waals surface area contributed by atoms with Gasteiger partial charge in [-0.3, -0.25) is 19.3 Å². The SMILES string of the molecule is NC(=O)c1ccc(N2C(=O)[C@@H]3C[C@H]3C2=O)cc1. The summed E-state index contributed by atoms with van der Waals surface area (Å²) in [5, 5.41) is 0. The Morgan fingerprint density at radius 3 is 2.12 bits per heavy atom. The topological polar surface area (TPSA) is 80.5 Å². The molecule has 86 valence electrons. The number of rotatable bonds is 2. The Kier molecular flexibility index (Phi) is 1.86. The van der Waals surface area contributed by atoms with Crippen LogP contribution in [0.3, 0.4) is 0 Å². The Morgan fingerprint density at radius 1 is 1.12 bits per heavy atom. The quantitative estimate of drug-likeness (QED) is 0.742. The first-order valence-corrected chi connectivity index (χ1v) is 5.37. The van der Waals surface area contributed by atoms with E-state index in [-0.39, 0.29) is 23.7 Å². The average molecular weight is 230 g/mol. The van der Waals surface area contributed by atoms with Gasteiger partial charge >= 0.3 is 0 Å². The average Bonchev–Trinajstić information content (AvgIpc) is 3.05. The largest absolute Gasteiger partial charge is 0.366 e. The van der Waals surface area contributed by atoms with Crippen molar-refractivity contribution in [1.29, 1.82) is 0 Å². The highest BCUT2D eigenvalue weighted by atomic mass is 16.2. The summed E-state index contributed by atoms with van der Waals surface area (Å²) in [5.41, 5.74) is 5.99. The van der Waals surface area contributed by atoms with Gasteiger partial charge in [0.2, 0.25) is 17.7 Å². The molecule has 2 fully saturated rings. The highest BCUT2D eigenvalue weighted by Crippen LogP contribution is 2.48. The van der Waals surface area contributed by atoms with Gasteiger partial charge in [-0.15, -0.1) is 0 Å². The lowest BCUT2D eigenvalue weighted by atomic mass is 10.2. The predicted molar refractivity (Wildman–Crippen MR) is 59.0 cm³/mol. The Labute approximate surface area is 97.2 Å². The van der Waals surface area contributed by atoms with Crippen molar-refractivity contribution in [3.63, 3.8) is 0 Å². The first-order chi connectivity index (χ1) is 8.09. The Bertz CT molecular complexity index is 515. The van der Waals surface area contributed by atoms with E-state index in [4.69, 9.17) is 5.73 Å². The molecule has 1 aromatic rings. The molecule has 1 aliphatic carbocycles. The van der Waals surface area contributed by atoms with Crippen LogP contribution < -0.4 is 10.6 Å². The van der Waals surface area contributed by atoms with Crippen LogP contribution in [0, 0.1) is 11.8 Å². The third kappa shape index (κ3) is 1.35. The molecule has 5 nitrogen and oxygen atoms in total. The minimum atomic E-state index is -0.529. The molecule has 0 unspecified atom stereocenters. The zero-order chi connectivity index (χ0) is 12.2. The third-order valence-corrected chi connectivity index (χ3v) is 3.28. The fourth-order valence-electron chi connectivity index (χ4n) is 2.21. The number of hydrogen-bond donors (Lipinski definition) is 1. The molecule has 5 heteroatoms. The first kappa shape index (κ1) is 10.0. The second-order valence-corrected chi connectivity index (χ2v) is 4.37. The summed E-state index contributed by atoms with van der Waals surface area (Å²) in [6.45, 7) is 0. The van der Waals surface area contributed by atoms with E-state index in [0.29, 0.717) is 17.7 Å². The number of carbonyl (C=O) groups is 3. The van der Waals surface area contributed by atoms with Crippen LogP contribution in [0.1, 0.15) is 16.8 Å². The molecule has 2 N–H and O–H groups in total. The Balaban J connectivity index is 1.92. The fourth-order valence-corrected chi connectivity index (χ4v) is 2.21. The van der Waals surface area contributed by atoms with Crippen molar-refractivity contribution in [2.45, 2.75) is 6.42 Å². The van der Waals surface area contributed by atoms with Gasteiger partial charge in [-0.05, 0) is 30.7 Å². The van der Waals surface area contributed by atoms with E-state index < -0.39 is 5.91 Å². The highest BCUT2D eigenvalue weighted by Gasteiger charge is 2.59. The van der Waals surface area contributed by atoms with Crippen LogP contribution in [0.2, 0.25) is 0 Å². The lowest BCUT2D eigenvalue weighted by Gasteiger charge is -2.16. The molecule has 1 heterocycles. The van der Waals surface area contributed by atoms with Crippen LogP contribution >= 0.6 is 0 Å². The summed E-state index contributed by atoms with van der Waals surface area (Å²) >= 11 is 0. The minimum Gasteiger partial charge on any atom is -0.366 e. The number of hydrogen-bond acceptors (Lipinski definition) is 3. The van der Waals surface area contributed by atoms with Gasteiger partial charge in [0.15, 0.2) is 0 Å². The molecule has 0 spiro atoms. The van der Waals surface area contributed by atoms with E-state index in [0.717, 1.165) is 0 Å². The number of amides is 3. The van der Waals surface area contributed by atoms with Crippen LogP contribution in [0.15, 0.2) is 24.3 Å². The smallest absolute Gasteiger partial charge is 0.248 e. The van der Waals surface area contributed by atoms with Crippen LogP contribution in [-0.4, -0.2) is 17.7 Å². The molecule has 3 rings (SSSR count). The van der Waals surface area contributed by atoms with Crippen LogP contribution in [-0.2, 0) is 9.59 Å². The summed E-state index contributed by atoms with van der Waals surface area (Å²) in [7, 11) is 0. The van der Waals surface area contributed by atoms with Crippen molar-refractivity contribution in [2.24, 2.45) is 17.6 Å². The molecule has 2 aliphatic rings. The first-order valence-electron chi connectivity index (χ1n) is 5.37. The molecule has 1 aromatic carbocycles. The molecule has 2 atom stereocenters. The number of nitrogens with two attached hydrogens (primary N) is 1. The molecule has 1 aliphatic heterocycles. The molecular weight excluding hydrogens is 220 g/mol. The van der Waals surface area contributed by atoms with Crippen LogP contribution in [0.4, 0.5) is 5.69 Å². The van der Waals surface area contributed by atoms with Crippen molar-refractivity contribution >= 4 is 23.4 Å². The number of fused-ring (bicyclic) bond motifs is 1. The Morgan fingerprint density at radius 2 is 1.65 bits per heavy atom. The van der Waals surface area contributed by atoms with Crippen molar-refractivity contribution in [3.05, 3.63) is 29.8 Å². The van der Waals surface area contributed by atoms with Gasteiger partial charge in [0.1, 0.15) is 0 Å². The number of anilines is 1. The van der Waals surface area contributed by atoms with Gasteiger partial charge in [-0.1, -0.05) is 0 Å². The van der Waals surface area contributed by atoms with E-state index in [9.17, 15) is 14.4 Å². The summed E-state index contributed by atoms with van der Waals surface area (Å²) in [6.07, 6.45) is 0.688. The van der Waals surface area contributed by atoms with Crippen molar-refractivity contribution in [1.82, 2.24) is 0 Å². The molecule has 3 amide bonds. The summed E-state index contributed by atoms with van der Waals surface area (Å²) in [5.74, 6) is -1.02. The number of piperidine rings is 1. The fraction of sp³-hybridized carbons (Fsp3) is 0.250. The van der Waals surface area contributed by atoms with Crippen molar-refractivity contribution in [3.8, 4) is 0 Å². The van der Waals surface area contributed by atoms with Crippen molar-refractivity contribution < 1.29 is 14.4 Å². The summed E-state index contributed by atoms with van der Waals surface area (Å²) < 4.78 is 0. The second-order valence-electron chi connectivity index (χ2n) is 4.37. The van der Waals surface area contributed by atoms with E-state index in [1.54, 1.807) is 12.1 Å². The zero-order valence-corrected chi connectivity index (χ0v) is 8.92. The Hall–Kier alpha value is -2.17. The van der Waals surface area contributed by atoms with E-state index in [1.165, 1.54) is 17.0 Å². The number of primary amides is 1. The molecule has 0 radical (unpaired) electrons. The monoisotopic (exact) mass is 230 g/mol. The van der Waals surface area contributed by atoms with Crippen LogP contribution in [0.5, 0.6) is 0 Å². The maximum atomic E-state index is 11.8. The van der Waals surface area contributed by atoms with Gasteiger partial charge in [-0.2, -0.15) is 0 Å². The number of nitrogens with zero attached hydrogens (tertiary/aromatic N) is 1. The van der Waals surface area contributed by atoms with Gasteiger partial charge in [0.25, 0.3) is 0 Å². The maximum absolute atomic E-state index is 11.8. The molecule has 1 saturated carbocycles. The molecule has 0 aromatic heterocycles. The van der Waals surface area contributed by atoms with E-state index in [2.05, 4.69) is 0 Å². The minimum absolute atomic E-state index is 0.113. The second kappa shape index (κ2) is 3.16. The van der Waals surface area contributed by atoms with E-state index >= 15 is 0 Å². The zero-order valence-electron chi connectivity index (χ0n) is 8.92. The standard InChI is InChI=1S/C12H10N2O3/c13-10(15)6-1-3-7(4-2-6)14-11(16)8-5-9(8)12(14)17/h1-4,8-9H,5H2,(H2,13,15)/t8-,9-/m1/s1. The molecule has 17 heavy (non-hydrogen) atoms. The summed E-state index contributed by atoms with van der Waals surface area (Å²) in [4.78, 5) is 35.7. The molecule has 1 saturated heterocycles. The van der Waals surface area contributed by atoms with Gasteiger partial charge in [-0.25, -0.2) is 0 Å². The highest BCUT2D eigenvalue weighted by molar-refractivity contribution is 6.24. The van der Waals surface area contributed by atoms with E-state index in [1.807, 2.05) is 0 Å². The lowest BCUT2D eigenvalue weighted by molar-refractivity contribution is -0.123. The van der Waals surface area contributed by atoms with Gasteiger partial charge < -0.3 is 5.73 Å². The van der Waals surface area contributed by atoms with Crippen LogP contribution in [0.25, 0.3) is 0 Å². The van der Waals surface area contributed by atoms with Crippen molar-refractivity contribution in [2.75, 3.05) is 4.90 Å². The number of carbonyl (C=O) groups excluding carboxylic acids is 3. The van der Waals surface area contributed by atoms with Gasteiger partial charge in [0, 0.05) is 5.56 Å². The third-order valence-electron chi connectivity index (χ3n) is 3.28. The molecular formula is C12H10N2O3. The molecule has 0 bridgehead atoms. The summed E-state index contributed by atoms with van der Waals surface area (Å²) in [6, 6.07) is 6.17. The normalized spacial score (nSPS) is 26.0.